The molecular formula is C16H24BrNO3. The molecule has 0 saturated heterocycles. The third-order valence-corrected chi connectivity index (χ3v) is 3.45. The van der Waals surface area contributed by atoms with Crippen LogP contribution in [0.3, 0.4) is 0 Å². The predicted molar refractivity (Wildman–Crippen MR) is 87.4 cm³/mol. The first-order chi connectivity index (χ1) is 9.73. The van der Waals surface area contributed by atoms with Gasteiger partial charge in [0.15, 0.2) is 0 Å². The topological polar surface area (TPSA) is 49.8 Å². The zero-order valence-corrected chi connectivity index (χ0v) is 14.7. The average Bonchev–Trinajstić information content (AvgIpc) is 2.36. The second kappa shape index (κ2) is 7.69. The highest BCUT2D eigenvalue weighted by Crippen LogP contribution is 2.25. The number of carbonyl (C=O) groups is 1. The van der Waals surface area contributed by atoms with Crippen molar-refractivity contribution in [2.75, 3.05) is 6.54 Å². The molecule has 0 unspecified atom stereocenters. The summed E-state index contributed by atoms with van der Waals surface area (Å²) in [6.07, 6.45) is 1.64. The van der Waals surface area contributed by atoms with Crippen molar-refractivity contribution < 1.29 is 14.6 Å². The van der Waals surface area contributed by atoms with E-state index in [1.807, 2.05) is 32.9 Å². The number of benzene rings is 1. The smallest absolute Gasteiger partial charge is 0.410 e. The molecule has 0 bridgehead atoms. The van der Waals surface area contributed by atoms with Gasteiger partial charge in [0.25, 0.3) is 0 Å². The van der Waals surface area contributed by atoms with E-state index in [-0.39, 0.29) is 11.8 Å². The highest BCUT2D eigenvalue weighted by molar-refractivity contribution is 9.10. The molecule has 0 aliphatic heterocycles. The predicted octanol–water partition coefficient (Wildman–Crippen LogP) is 4.69. The minimum Gasteiger partial charge on any atom is -0.507 e. The number of aromatic hydroxyl groups is 1. The van der Waals surface area contributed by atoms with E-state index in [0.29, 0.717) is 17.6 Å². The molecule has 0 aromatic heterocycles. The summed E-state index contributed by atoms with van der Waals surface area (Å²) in [6, 6.07) is 5.24. The Bertz CT molecular complexity index is 483. The van der Waals surface area contributed by atoms with Crippen LogP contribution in [0.5, 0.6) is 5.75 Å². The van der Waals surface area contributed by atoms with Crippen LogP contribution in [0.1, 0.15) is 46.1 Å². The van der Waals surface area contributed by atoms with Crippen LogP contribution in [0.2, 0.25) is 0 Å². The molecule has 0 heterocycles. The summed E-state index contributed by atoms with van der Waals surface area (Å²) < 4.78 is 6.07. The second-order valence-electron chi connectivity index (χ2n) is 6.04. The molecule has 0 spiro atoms. The summed E-state index contributed by atoms with van der Waals surface area (Å²) >= 11 is 3.29. The number of amides is 1. The molecule has 5 heteroatoms. The fourth-order valence-electron chi connectivity index (χ4n) is 1.78. The van der Waals surface area contributed by atoms with E-state index in [1.54, 1.807) is 11.0 Å². The van der Waals surface area contributed by atoms with E-state index in [2.05, 4.69) is 22.9 Å². The van der Waals surface area contributed by atoms with E-state index < -0.39 is 5.60 Å². The summed E-state index contributed by atoms with van der Waals surface area (Å²) in [4.78, 5) is 14.0. The molecule has 21 heavy (non-hydrogen) atoms. The molecule has 1 aromatic rings. The fraction of sp³-hybridized carbons (Fsp3) is 0.562. The summed E-state index contributed by atoms with van der Waals surface area (Å²) in [5.74, 6) is 0.191. The van der Waals surface area contributed by atoms with Crippen LogP contribution in [0.25, 0.3) is 0 Å². The third-order valence-electron chi connectivity index (χ3n) is 2.82. The molecule has 4 nitrogen and oxygen atoms in total. The van der Waals surface area contributed by atoms with Crippen LogP contribution < -0.4 is 0 Å². The summed E-state index contributed by atoms with van der Waals surface area (Å²) in [5.41, 5.74) is 0.443. The maximum Gasteiger partial charge on any atom is 0.410 e. The Hall–Kier alpha value is -1.23. The normalized spacial score (nSPS) is 11.3. The zero-order valence-electron chi connectivity index (χ0n) is 13.1. The van der Waals surface area contributed by atoms with E-state index in [9.17, 15) is 9.90 Å². The van der Waals surface area contributed by atoms with Crippen molar-refractivity contribution in [2.24, 2.45) is 0 Å². The lowest BCUT2D eigenvalue weighted by Gasteiger charge is -2.27. The van der Waals surface area contributed by atoms with Crippen LogP contribution >= 0.6 is 15.9 Å². The van der Waals surface area contributed by atoms with Crippen LogP contribution in [0, 0.1) is 0 Å². The largest absolute Gasteiger partial charge is 0.507 e. The van der Waals surface area contributed by atoms with Gasteiger partial charge in [-0.15, -0.1) is 0 Å². The average molecular weight is 358 g/mol. The van der Waals surface area contributed by atoms with Crippen molar-refractivity contribution in [1.29, 1.82) is 0 Å². The Labute approximate surface area is 135 Å². The second-order valence-corrected chi connectivity index (χ2v) is 6.90. The number of phenols is 1. The lowest BCUT2D eigenvalue weighted by Crippen LogP contribution is -2.37. The quantitative estimate of drug-likeness (QED) is 0.831. The number of nitrogens with zero attached hydrogens (tertiary/aromatic N) is 1. The maximum atomic E-state index is 12.3. The van der Waals surface area contributed by atoms with Gasteiger partial charge < -0.3 is 14.7 Å². The first-order valence-electron chi connectivity index (χ1n) is 7.18. The van der Waals surface area contributed by atoms with Gasteiger partial charge in [0, 0.05) is 13.1 Å². The van der Waals surface area contributed by atoms with Crippen molar-refractivity contribution in [3.05, 3.63) is 28.2 Å². The lowest BCUT2D eigenvalue weighted by molar-refractivity contribution is 0.0231. The maximum absolute atomic E-state index is 12.3. The molecule has 0 radical (unpaired) electrons. The molecule has 118 valence electrons. The standard InChI is InChI=1S/C16H24BrNO3/c1-5-6-9-18(15(20)21-16(2,3)4)11-12-7-8-14(19)13(17)10-12/h7-8,10,19H,5-6,9,11H2,1-4H3. The van der Waals surface area contributed by atoms with Crippen molar-refractivity contribution in [3.63, 3.8) is 0 Å². The number of unbranched alkanes of at least 4 members (excludes halogenated alkanes) is 1. The van der Waals surface area contributed by atoms with Crippen molar-refractivity contribution >= 4 is 22.0 Å². The fourth-order valence-corrected chi connectivity index (χ4v) is 2.21. The Kier molecular flexibility index (Phi) is 6.52. The number of halogens is 1. The van der Waals surface area contributed by atoms with Crippen LogP contribution in [-0.4, -0.2) is 28.2 Å². The Balaban J connectivity index is 2.81. The van der Waals surface area contributed by atoms with E-state index >= 15 is 0 Å². The van der Waals surface area contributed by atoms with Crippen molar-refractivity contribution in [1.82, 2.24) is 4.90 Å². The zero-order chi connectivity index (χ0) is 16.0. The summed E-state index contributed by atoms with van der Waals surface area (Å²) in [7, 11) is 0. The molecule has 0 atom stereocenters. The van der Waals surface area contributed by atoms with E-state index in [1.165, 1.54) is 0 Å². The van der Waals surface area contributed by atoms with Crippen molar-refractivity contribution in [2.45, 2.75) is 52.7 Å². The van der Waals surface area contributed by atoms with Gasteiger partial charge in [0.1, 0.15) is 11.4 Å². The van der Waals surface area contributed by atoms with Gasteiger partial charge in [0.2, 0.25) is 0 Å². The minimum atomic E-state index is -0.503. The Morgan fingerprint density at radius 3 is 2.57 bits per heavy atom. The van der Waals surface area contributed by atoms with Crippen LogP contribution in [0.15, 0.2) is 22.7 Å². The highest BCUT2D eigenvalue weighted by atomic mass is 79.9. The summed E-state index contributed by atoms with van der Waals surface area (Å²) in [6.45, 7) is 8.79. The van der Waals surface area contributed by atoms with Crippen molar-refractivity contribution in [3.8, 4) is 5.75 Å². The number of hydrogen-bond acceptors (Lipinski definition) is 3. The number of rotatable bonds is 5. The molecule has 1 amide bonds. The third kappa shape index (κ3) is 6.38. The first kappa shape index (κ1) is 17.8. The van der Waals surface area contributed by atoms with Crippen LogP contribution in [0.4, 0.5) is 4.79 Å². The van der Waals surface area contributed by atoms with Gasteiger partial charge in [-0.1, -0.05) is 19.4 Å². The van der Waals surface area contributed by atoms with Gasteiger partial charge in [-0.3, -0.25) is 0 Å². The first-order valence-corrected chi connectivity index (χ1v) is 7.97. The number of hydrogen-bond donors (Lipinski definition) is 1. The molecule has 0 fully saturated rings. The molecule has 1 rings (SSSR count). The number of phenolic OH excluding ortho intramolecular Hbond substituents is 1. The SMILES string of the molecule is CCCCN(Cc1ccc(O)c(Br)c1)C(=O)OC(C)(C)C. The molecule has 1 aromatic carbocycles. The van der Waals surface area contributed by atoms with Gasteiger partial charge >= 0.3 is 6.09 Å². The van der Waals surface area contributed by atoms with E-state index in [4.69, 9.17) is 4.74 Å². The summed E-state index contributed by atoms with van der Waals surface area (Å²) in [5, 5.41) is 9.53. The molecular weight excluding hydrogens is 334 g/mol. The van der Waals surface area contributed by atoms with Gasteiger partial charge in [-0.05, 0) is 60.8 Å². The lowest BCUT2D eigenvalue weighted by atomic mass is 10.2. The Morgan fingerprint density at radius 2 is 2.05 bits per heavy atom. The van der Waals surface area contributed by atoms with Gasteiger partial charge in [0.05, 0.1) is 4.47 Å². The molecule has 0 saturated carbocycles. The van der Waals surface area contributed by atoms with Crippen LogP contribution in [-0.2, 0) is 11.3 Å². The molecule has 0 aliphatic carbocycles. The molecule has 1 N–H and O–H groups in total. The van der Waals surface area contributed by atoms with Gasteiger partial charge in [-0.2, -0.15) is 0 Å². The highest BCUT2D eigenvalue weighted by Gasteiger charge is 2.22. The molecule has 0 aliphatic rings. The minimum absolute atomic E-state index is 0.191. The number of carbonyl (C=O) groups excluding carboxylic acids is 1. The Morgan fingerprint density at radius 1 is 1.38 bits per heavy atom. The monoisotopic (exact) mass is 357 g/mol. The van der Waals surface area contributed by atoms with E-state index in [0.717, 1.165) is 18.4 Å². The van der Waals surface area contributed by atoms with Gasteiger partial charge in [-0.25, -0.2) is 4.79 Å². The number of ether oxygens (including phenoxy) is 1.